The van der Waals surface area contributed by atoms with E-state index in [1.165, 1.54) is 19.1 Å². The molecular formula is C27H33ClN4O4. The van der Waals surface area contributed by atoms with Gasteiger partial charge in [0.15, 0.2) is 0 Å². The molecule has 0 aliphatic rings. The number of methoxy groups -OCH3 is 2. The van der Waals surface area contributed by atoms with Crippen LogP contribution in [0.1, 0.15) is 50.7 Å². The molecule has 0 unspecified atom stereocenters. The SMILES string of the molecule is COc1cccc(OC)c1C(=O)N(CC(=O)Nc1cc(C(C)(C)C)nn1-c1ccc(Cl)cc1)C(C)C. The van der Waals surface area contributed by atoms with Crippen LogP contribution in [-0.2, 0) is 10.2 Å². The summed E-state index contributed by atoms with van der Waals surface area (Å²) in [6.45, 7) is 9.67. The van der Waals surface area contributed by atoms with Crippen molar-refractivity contribution in [2.45, 2.75) is 46.1 Å². The van der Waals surface area contributed by atoms with Gasteiger partial charge >= 0.3 is 0 Å². The molecule has 36 heavy (non-hydrogen) atoms. The predicted octanol–water partition coefficient (Wildman–Crippen LogP) is 5.33. The molecule has 3 aromatic rings. The fourth-order valence-corrected chi connectivity index (χ4v) is 3.77. The standard InChI is InChI=1S/C27H33ClN4O4/c1-17(2)31(26(34)25-20(35-6)9-8-10-21(25)36-7)16-24(33)29-23-15-22(27(3,4)5)30-32(23)19-13-11-18(28)12-14-19/h8-15,17H,16H2,1-7H3,(H,29,33). The first-order valence-corrected chi connectivity index (χ1v) is 12.0. The molecule has 3 rings (SSSR count). The second-order valence-corrected chi connectivity index (χ2v) is 10.1. The lowest BCUT2D eigenvalue weighted by molar-refractivity contribution is -0.117. The number of carbonyl (C=O) groups is 2. The molecule has 0 fully saturated rings. The third kappa shape index (κ3) is 5.99. The molecule has 0 atom stereocenters. The lowest BCUT2D eigenvalue weighted by Crippen LogP contribution is -2.42. The zero-order chi connectivity index (χ0) is 26.6. The third-order valence-electron chi connectivity index (χ3n) is 5.66. The summed E-state index contributed by atoms with van der Waals surface area (Å²) in [5, 5.41) is 8.26. The molecule has 2 aromatic carbocycles. The fraction of sp³-hybridized carbons (Fsp3) is 0.370. The lowest BCUT2D eigenvalue weighted by atomic mass is 9.92. The maximum absolute atomic E-state index is 13.5. The van der Waals surface area contributed by atoms with Crippen LogP contribution < -0.4 is 14.8 Å². The quantitative estimate of drug-likeness (QED) is 0.441. The number of aromatic nitrogens is 2. The van der Waals surface area contributed by atoms with Crippen molar-refractivity contribution in [2.24, 2.45) is 0 Å². The number of hydrogen-bond acceptors (Lipinski definition) is 5. The van der Waals surface area contributed by atoms with E-state index in [1.807, 2.05) is 52.8 Å². The number of halogens is 1. The zero-order valence-electron chi connectivity index (χ0n) is 21.8. The van der Waals surface area contributed by atoms with Crippen molar-refractivity contribution in [3.63, 3.8) is 0 Å². The van der Waals surface area contributed by atoms with Crippen LogP contribution >= 0.6 is 11.6 Å². The van der Waals surface area contributed by atoms with E-state index < -0.39 is 0 Å². The highest BCUT2D eigenvalue weighted by atomic mass is 35.5. The molecule has 1 N–H and O–H groups in total. The van der Waals surface area contributed by atoms with Gasteiger partial charge in [0.2, 0.25) is 5.91 Å². The monoisotopic (exact) mass is 512 g/mol. The summed E-state index contributed by atoms with van der Waals surface area (Å²) in [5.41, 5.74) is 1.59. The number of amides is 2. The number of hydrogen-bond donors (Lipinski definition) is 1. The van der Waals surface area contributed by atoms with E-state index in [0.717, 1.165) is 11.4 Å². The van der Waals surface area contributed by atoms with E-state index >= 15 is 0 Å². The second kappa shape index (κ2) is 11.0. The first-order chi connectivity index (χ1) is 17.0. The Morgan fingerprint density at radius 2 is 1.64 bits per heavy atom. The van der Waals surface area contributed by atoms with Crippen LogP contribution in [0.3, 0.4) is 0 Å². The van der Waals surface area contributed by atoms with E-state index in [4.69, 9.17) is 26.2 Å². The fourth-order valence-electron chi connectivity index (χ4n) is 3.65. The number of rotatable bonds is 8. The van der Waals surface area contributed by atoms with Crippen molar-refractivity contribution >= 4 is 29.2 Å². The van der Waals surface area contributed by atoms with Gasteiger partial charge in [0.05, 0.1) is 25.6 Å². The van der Waals surface area contributed by atoms with Gasteiger partial charge in [-0.05, 0) is 50.2 Å². The van der Waals surface area contributed by atoms with Crippen LogP contribution in [0.15, 0.2) is 48.5 Å². The number of ether oxygens (including phenoxy) is 2. The van der Waals surface area contributed by atoms with Crippen molar-refractivity contribution in [2.75, 3.05) is 26.1 Å². The Hall–Kier alpha value is -3.52. The van der Waals surface area contributed by atoms with E-state index in [2.05, 4.69) is 5.32 Å². The van der Waals surface area contributed by atoms with Crippen molar-refractivity contribution in [3.05, 3.63) is 64.8 Å². The molecule has 0 spiro atoms. The van der Waals surface area contributed by atoms with Crippen molar-refractivity contribution in [3.8, 4) is 17.2 Å². The predicted molar refractivity (Wildman–Crippen MR) is 142 cm³/mol. The van der Waals surface area contributed by atoms with Crippen LogP contribution in [0, 0.1) is 0 Å². The van der Waals surface area contributed by atoms with Gasteiger partial charge in [-0.3, -0.25) is 9.59 Å². The second-order valence-electron chi connectivity index (χ2n) is 9.67. The highest BCUT2D eigenvalue weighted by molar-refractivity contribution is 6.30. The van der Waals surface area contributed by atoms with Crippen molar-refractivity contribution in [1.82, 2.24) is 14.7 Å². The Morgan fingerprint density at radius 3 is 2.14 bits per heavy atom. The molecule has 1 heterocycles. The van der Waals surface area contributed by atoms with Crippen LogP contribution in [0.4, 0.5) is 5.82 Å². The minimum Gasteiger partial charge on any atom is -0.496 e. The number of benzene rings is 2. The average Bonchev–Trinajstić information content (AvgIpc) is 3.26. The normalized spacial score (nSPS) is 11.4. The number of carbonyl (C=O) groups excluding carboxylic acids is 2. The Labute approximate surface area is 217 Å². The maximum atomic E-state index is 13.5. The topological polar surface area (TPSA) is 85.7 Å². The molecule has 192 valence electrons. The van der Waals surface area contributed by atoms with Gasteiger partial charge in [-0.2, -0.15) is 5.10 Å². The van der Waals surface area contributed by atoms with Crippen molar-refractivity contribution in [1.29, 1.82) is 0 Å². The number of nitrogens with one attached hydrogen (secondary N) is 1. The van der Waals surface area contributed by atoms with Crippen LogP contribution in [0.25, 0.3) is 5.69 Å². The zero-order valence-corrected chi connectivity index (χ0v) is 22.5. The Balaban J connectivity index is 1.92. The molecule has 0 saturated carbocycles. The van der Waals surface area contributed by atoms with Gasteiger partial charge in [-0.15, -0.1) is 0 Å². The van der Waals surface area contributed by atoms with Gasteiger partial charge in [-0.1, -0.05) is 38.4 Å². The molecular weight excluding hydrogens is 480 g/mol. The molecule has 2 amide bonds. The molecule has 8 nitrogen and oxygen atoms in total. The number of nitrogens with zero attached hydrogens (tertiary/aromatic N) is 3. The van der Waals surface area contributed by atoms with E-state index in [9.17, 15) is 9.59 Å². The molecule has 0 aliphatic carbocycles. The van der Waals surface area contributed by atoms with E-state index in [0.29, 0.717) is 22.3 Å². The van der Waals surface area contributed by atoms with Crippen molar-refractivity contribution < 1.29 is 19.1 Å². The summed E-state index contributed by atoms with van der Waals surface area (Å²) in [6.07, 6.45) is 0. The first-order valence-electron chi connectivity index (χ1n) is 11.6. The maximum Gasteiger partial charge on any atom is 0.262 e. The minimum absolute atomic E-state index is 0.172. The Bertz CT molecular complexity index is 1210. The minimum atomic E-state index is -0.365. The lowest BCUT2D eigenvalue weighted by Gasteiger charge is -2.27. The highest BCUT2D eigenvalue weighted by Crippen LogP contribution is 2.30. The molecule has 0 aliphatic heterocycles. The molecule has 0 saturated heterocycles. The van der Waals surface area contributed by atoms with Gasteiger partial charge in [0, 0.05) is 22.5 Å². The van der Waals surface area contributed by atoms with Gasteiger partial charge in [-0.25, -0.2) is 4.68 Å². The molecule has 9 heteroatoms. The molecule has 0 bridgehead atoms. The molecule has 0 radical (unpaired) electrons. The van der Waals surface area contributed by atoms with E-state index in [-0.39, 0.29) is 35.4 Å². The summed E-state index contributed by atoms with van der Waals surface area (Å²) in [6, 6.07) is 13.9. The van der Waals surface area contributed by atoms with Gasteiger partial charge in [0.25, 0.3) is 5.91 Å². The van der Waals surface area contributed by atoms with Crippen LogP contribution in [0.2, 0.25) is 5.02 Å². The van der Waals surface area contributed by atoms with Crippen LogP contribution in [-0.4, -0.2) is 53.3 Å². The Morgan fingerprint density at radius 1 is 1.06 bits per heavy atom. The van der Waals surface area contributed by atoms with Gasteiger partial charge in [0.1, 0.15) is 29.4 Å². The summed E-state index contributed by atoms with van der Waals surface area (Å²) < 4.78 is 12.5. The largest absolute Gasteiger partial charge is 0.496 e. The number of anilines is 1. The third-order valence-corrected chi connectivity index (χ3v) is 5.91. The Kier molecular flexibility index (Phi) is 8.30. The first kappa shape index (κ1) is 27.1. The van der Waals surface area contributed by atoms with Crippen LogP contribution in [0.5, 0.6) is 11.5 Å². The average molecular weight is 513 g/mol. The smallest absolute Gasteiger partial charge is 0.262 e. The molecule has 1 aromatic heterocycles. The summed E-state index contributed by atoms with van der Waals surface area (Å²) in [4.78, 5) is 28.3. The van der Waals surface area contributed by atoms with E-state index in [1.54, 1.807) is 35.0 Å². The highest BCUT2D eigenvalue weighted by Gasteiger charge is 2.28. The summed E-state index contributed by atoms with van der Waals surface area (Å²) in [5.74, 6) is 0.526. The summed E-state index contributed by atoms with van der Waals surface area (Å²) in [7, 11) is 2.98. The van der Waals surface area contributed by atoms with Gasteiger partial charge < -0.3 is 19.7 Å². The summed E-state index contributed by atoms with van der Waals surface area (Å²) >= 11 is 6.06.